The molecule has 0 radical (unpaired) electrons. The van der Waals surface area contributed by atoms with Crippen LogP contribution < -0.4 is 10.9 Å². The van der Waals surface area contributed by atoms with Crippen molar-refractivity contribution in [2.45, 2.75) is 25.9 Å². The minimum absolute atomic E-state index is 0.0458. The number of anilines is 1. The Kier molecular flexibility index (Phi) is 5.81. The molecule has 0 spiro atoms. The summed E-state index contributed by atoms with van der Waals surface area (Å²) in [7, 11) is 0. The molecule has 0 bridgehead atoms. The molecule has 152 valence electrons. The Balaban J connectivity index is 1.52. The summed E-state index contributed by atoms with van der Waals surface area (Å²) in [5.74, 6) is -0.506. The van der Waals surface area contributed by atoms with Crippen molar-refractivity contribution in [1.82, 2.24) is 15.6 Å². The SMILES string of the molecule is Cc1ccc(-c2noc(CCC(=O)NNc3cccc(C(F)(F)F)c3)n2)cc1F. The van der Waals surface area contributed by atoms with E-state index in [4.69, 9.17) is 4.52 Å². The molecule has 2 N–H and O–H groups in total. The van der Waals surface area contributed by atoms with Gasteiger partial charge in [0.05, 0.1) is 11.3 Å². The fourth-order valence-corrected chi connectivity index (χ4v) is 2.40. The highest BCUT2D eigenvalue weighted by molar-refractivity contribution is 5.77. The molecule has 0 atom stereocenters. The first-order valence-electron chi connectivity index (χ1n) is 8.53. The lowest BCUT2D eigenvalue weighted by molar-refractivity contribution is -0.137. The van der Waals surface area contributed by atoms with Gasteiger partial charge < -0.3 is 4.52 Å². The molecule has 1 aromatic heterocycles. The fraction of sp³-hybridized carbons (Fsp3) is 0.211. The molecule has 6 nitrogen and oxygen atoms in total. The Morgan fingerprint density at radius 2 is 1.97 bits per heavy atom. The van der Waals surface area contributed by atoms with Gasteiger partial charge in [0.25, 0.3) is 0 Å². The summed E-state index contributed by atoms with van der Waals surface area (Å²) in [6.45, 7) is 1.63. The number of hydrazine groups is 1. The van der Waals surface area contributed by atoms with Crippen LogP contribution in [0.4, 0.5) is 23.2 Å². The maximum absolute atomic E-state index is 13.6. The number of hydrogen-bond donors (Lipinski definition) is 2. The van der Waals surface area contributed by atoms with Gasteiger partial charge in [-0.2, -0.15) is 18.2 Å². The van der Waals surface area contributed by atoms with Gasteiger partial charge in [-0.25, -0.2) is 4.39 Å². The summed E-state index contributed by atoms with van der Waals surface area (Å²) >= 11 is 0. The second kappa shape index (κ2) is 8.29. The highest BCUT2D eigenvalue weighted by atomic mass is 19.4. The Hall–Kier alpha value is -3.43. The van der Waals surface area contributed by atoms with E-state index in [0.717, 1.165) is 12.1 Å². The van der Waals surface area contributed by atoms with Crippen LogP contribution in [0.25, 0.3) is 11.4 Å². The lowest BCUT2D eigenvalue weighted by Gasteiger charge is -2.11. The van der Waals surface area contributed by atoms with Crippen molar-refractivity contribution >= 4 is 11.6 Å². The van der Waals surface area contributed by atoms with Crippen molar-refractivity contribution in [2.75, 3.05) is 5.43 Å². The van der Waals surface area contributed by atoms with Crippen molar-refractivity contribution in [1.29, 1.82) is 0 Å². The first-order valence-corrected chi connectivity index (χ1v) is 8.53. The number of aryl methyl sites for hydroxylation is 2. The number of alkyl halides is 3. The second-order valence-corrected chi connectivity index (χ2v) is 6.23. The first kappa shape index (κ1) is 20.3. The standard InChI is InChI=1S/C19H16F4N4O2/c1-11-5-6-12(9-15(11)20)18-24-17(29-27-18)8-7-16(28)26-25-14-4-2-3-13(10-14)19(21,22)23/h2-6,9-10,25H,7-8H2,1H3,(H,26,28). The highest BCUT2D eigenvalue weighted by Crippen LogP contribution is 2.30. The van der Waals surface area contributed by atoms with Gasteiger partial charge in [0.1, 0.15) is 5.82 Å². The average Bonchev–Trinajstić information content (AvgIpc) is 3.15. The number of rotatable bonds is 6. The molecule has 29 heavy (non-hydrogen) atoms. The number of halogens is 4. The molecule has 0 saturated heterocycles. The lowest BCUT2D eigenvalue weighted by Crippen LogP contribution is -2.29. The van der Waals surface area contributed by atoms with Crippen LogP contribution in [0.1, 0.15) is 23.4 Å². The molecule has 3 aromatic rings. The van der Waals surface area contributed by atoms with Crippen LogP contribution in [-0.2, 0) is 17.4 Å². The number of carbonyl (C=O) groups excluding carboxylic acids is 1. The third kappa shape index (κ3) is 5.31. The van der Waals surface area contributed by atoms with Crippen molar-refractivity contribution in [3.63, 3.8) is 0 Å². The van der Waals surface area contributed by atoms with Crippen LogP contribution in [0.3, 0.4) is 0 Å². The Labute approximate surface area is 162 Å². The van der Waals surface area contributed by atoms with E-state index < -0.39 is 23.5 Å². The number of carbonyl (C=O) groups is 1. The van der Waals surface area contributed by atoms with Gasteiger partial charge in [-0.05, 0) is 36.8 Å². The van der Waals surface area contributed by atoms with Gasteiger partial charge in [-0.15, -0.1) is 0 Å². The monoisotopic (exact) mass is 408 g/mol. The molecular weight excluding hydrogens is 392 g/mol. The quantitative estimate of drug-likeness (QED) is 0.470. The molecule has 0 aliphatic rings. The normalized spacial score (nSPS) is 11.3. The predicted octanol–water partition coefficient (Wildman–Crippen LogP) is 4.28. The summed E-state index contributed by atoms with van der Waals surface area (Å²) in [5.41, 5.74) is 4.93. The van der Waals surface area contributed by atoms with Gasteiger partial charge >= 0.3 is 6.18 Å². The van der Waals surface area contributed by atoms with Crippen LogP contribution in [0.5, 0.6) is 0 Å². The molecule has 1 heterocycles. The molecule has 0 fully saturated rings. The van der Waals surface area contributed by atoms with E-state index in [2.05, 4.69) is 21.0 Å². The minimum atomic E-state index is -4.47. The first-order chi connectivity index (χ1) is 13.7. The summed E-state index contributed by atoms with van der Waals surface area (Å²) < 4.78 is 56.7. The van der Waals surface area contributed by atoms with E-state index >= 15 is 0 Å². The van der Waals surface area contributed by atoms with E-state index in [-0.39, 0.29) is 30.2 Å². The number of amides is 1. The largest absolute Gasteiger partial charge is 0.416 e. The van der Waals surface area contributed by atoms with Crippen LogP contribution in [0, 0.1) is 12.7 Å². The number of nitrogens with zero attached hydrogens (tertiary/aromatic N) is 2. The molecule has 0 unspecified atom stereocenters. The Morgan fingerprint density at radius 1 is 1.17 bits per heavy atom. The fourth-order valence-electron chi connectivity index (χ4n) is 2.40. The summed E-state index contributed by atoms with van der Waals surface area (Å²) in [4.78, 5) is 16.0. The predicted molar refractivity (Wildman–Crippen MR) is 96.0 cm³/mol. The average molecular weight is 408 g/mol. The van der Waals surface area contributed by atoms with Gasteiger partial charge in [-0.1, -0.05) is 23.4 Å². The zero-order valence-electron chi connectivity index (χ0n) is 15.2. The number of nitrogens with one attached hydrogen (secondary N) is 2. The van der Waals surface area contributed by atoms with Gasteiger partial charge in [-0.3, -0.25) is 15.6 Å². The third-order valence-electron chi connectivity index (χ3n) is 4.00. The molecule has 3 rings (SSSR count). The van der Waals surface area contributed by atoms with Gasteiger partial charge in [0.2, 0.25) is 17.6 Å². The van der Waals surface area contributed by atoms with Crippen LogP contribution in [0.15, 0.2) is 47.0 Å². The van der Waals surface area contributed by atoms with E-state index in [9.17, 15) is 22.4 Å². The zero-order valence-corrected chi connectivity index (χ0v) is 15.2. The lowest BCUT2D eigenvalue weighted by atomic mass is 10.1. The second-order valence-electron chi connectivity index (χ2n) is 6.23. The maximum atomic E-state index is 13.6. The Morgan fingerprint density at radius 3 is 2.69 bits per heavy atom. The molecule has 0 saturated carbocycles. The van der Waals surface area contributed by atoms with Crippen molar-refractivity contribution in [2.24, 2.45) is 0 Å². The van der Waals surface area contributed by atoms with Crippen LogP contribution in [0.2, 0.25) is 0 Å². The molecule has 10 heteroatoms. The summed E-state index contributed by atoms with van der Waals surface area (Å²) in [5, 5.41) is 3.75. The third-order valence-corrected chi connectivity index (χ3v) is 4.00. The van der Waals surface area contributed by atoms with E-state index in [1.165, 1.54) is 18.2 Å². The van der Waals surface area contributed by atoms with Gasteiger partial charge in [0.15, 0.2) is 0 Å². The maximum Gasteiger partial charge on any atom is 0.416 e. The van der Waals surface area contributed by atoms with E-state index in [1.54, 1.807) is 19.1 Å². The van der Waals surface area contributed by atoms with E-state index in [0.29, 0.717) is 11.1 Å². The molecule has 1 amide bonds. The zero-order chi connectivity index (χ0) is 21.0. The summed E-state index contributed by atoms with van der Waals surface area (Å²) in [6, 6.07) is 8.96. The van der Waals surface area contributed by atoms with Crippen molar-refractivity contribution in [3.8, 4) is 11.4 Å². The molecular formula is C19H16F4N4O2. The van der Waals surface area contributed by atoms with E-state index in [1.807, 2.05) is 0 Å². The molecule has 0 aliphatic carbocycles. The van der Waals surface area contributed by atoms with Crippen LogP contribution >= 0.6 is 0 Å². The number of benzene rings is 2. The summed E-state index contributed by atoms with van der Waals surface area (Å²) in [6.07, 6.45) is -4.41. The van der Waals surface area contributed by atoms with Crippen molar-refractivity contribution in [3.05, 3.63) is 65.3 Å². The molecule has 2 aromatic carbocycles. The smallest absolute Gasteiger partial charge is 0.339 e. The van der Waals surface area contributed by atoms with Crippen LogP contribution in [-0.4, -0.2) is 16.0 Å². The number of hydrogen-bond acceptors (Lipinski definition) is 5. The highest BCUT2D eigenvalue weighted by Gasteiger charge is 2.30. The van der Waals surface area contributed by atoms with Crippen molar-refractivity contribution < 1.29 is 26.9 Å². The topological polar surface area (TPSA) is 80.0 Å². The van der Waals surface area contributed by atoms with Gasteiger partial charge in [0, 0.05) is 18.4 Å². The molecule has 0 aliphatic heterocycles. The number of aromatic nitrogens is 2. The Bertz CT molecular complexity index is 1020. The minimum Gasteiger partial charge on any atom is -0.339 e.